The van der Waals surface area contributed by atoms with Crippen molar-refractivity contribution in [2.75, 3.05) is 11.4 Å². The fourth-order valence-electron chi connectivity index (χ4n) is 4.31. The average molecular weight is 573 g/mol. The fraction of sp³-hybridized carbons (Fsp3) is 0.300. The van der Waals surface area contributed by atoms with Crippen LogP contribution in [0.25, 0.3) is 0 Å². The Morgan fingerprint density at radius 1 is 1.02 bits per heavy atom. The van der Waals surface area contributed by atoms with Gasteiger partial charge in [-0.05, 0) is 59.9 Å². The lowest BCUT2D eigenvalue weighted by molar-refractivity contribution is -0.192. The van der Waals surface area contributed by atoms with Crippen LogP contribution in [0.15, 0.2) is 84.3 Å². The number of carboxylic acid groups (broad SMARTS) is 1. The number of hydrogen-bond acceptors (Lipinski definition) is 5. The maximum atomic E-state index is 12.9. The number of amides is 1. The normalized spacial score (nSPS) is 14.2. The van der Waals surface area contributed by atoms with Gasteiger partial charge in [0.15, 0.2) is 0 Å². The molecule has 0 spiro atoms. The molecule has 2 aromatic carbocycles. The number of rotatable bonds is 10. The fourth-order valence-corrected chi connectivity index (χ4v) is 5.07. The van der Waals surface area contributed by atoms with Crippen LogP contribution in [0.2, 0.25) is 0 Å². The maximum absolute atomic E-state index is 12.9. The molecule has 1 aromatic heterocycles. The van der Waals surface area contributed by atoms with Crippen molar-refractivity contribution in [1.29, 1.82) is 0 Å². The molecule has 1 aliphatic heterocycles. The van der Waals surface area contributed by atoms with Gasteiger partial charge in [-0.15, -0.1) is 11.3 Å². The molecule has 10 heteroatoms. The number of allylic oxidation sites excluding steroid dienone is 1. The number of ketones is 1. The maximum Gasteiger partial charge on any atom is 0.490 e. The van der Waals surface area contributed by atoms with E-state index < -0.39 is 18.2 Å². The van der Waals surface area contributed by atoms with Gasteiger partial charge in [0.2, 0.25) is 0 Å². The summed E-state index contributed by atoms with van der Waals surface area (Å²) in [5.74, 6) is -2.77. The molecule has 2 heterocycles. The van der Waals surface area contributed by atoms with Crippen LogP contribution < -0.4 is 10.6 Å². The quantitative estimate of drug-likeness (QED) is 0.308. The van der Waals surface area contributed by atoms with Crippen LogP contribution in [-0.4, -0.2) is 41.5 Å². The number of nitrogens with zero attached hydrogens (tertiary/aromatic N) is 1. The molecule has 212 valence electrons. The van der Waals surface area contributed by atoms with E-state index in [9.17, 15) is 22.8 Å². The van der Waals surface area contributed by atoms with Gasteiger partial charge in [-0.1, -0.05) is 60.7 Å². The molecule has 0 bridgehead atoms. The summed E-state index contributed by atoms with van der Waals surface area (Å²) in [5.41, 5.74) is 9.65. The first-order valence-electron chi connectivity index (χ1n) is 12.8. The molecule has 1 aliphatic rings. The van der Waals surface area contributed by atoms with Crippen molar-refractivity contribution >= 4 is 34.7 Å². The Bertz CT molecular complexity index is 1290. The summed E-state index contributed by atoms with van der Waals surface area (Å²) in [6.07, 6.45) is 1.92. The van der Waals surface area contributed by atoms with E-state index in [-0.39, 0.29) is 17.6 Å². The molecule has 6 nitrogen and oxygen atoms in total. The second-order valence-electron chi connectivity index (χ2n) is 9.38. The van der Waals surface area contributed by atoms with Crippen LogP contribution in [0, 0.1) is 5.92 Å². The van der Waals surface area contributed by atoms with Crippen molar-refractivity contribution < 1.29 is 32.7 Å². The van der Waals surface area contributed by atoms with Gasteiger partial charge in [-0.2, -0.15) is 13.2 Å². The number of halogens is 3. The molecule has 2 atom stereocenters. The molecule has 0 fully saturated rings. The van der Waals surface area contributed by atoms with Crippen LogP contribution in [-0.2, 0) is 33.6 Å². The number of fused-ring (bicyclic) bond motifs is 1. The SMILES string of the molecule is N[C@@H](Cc1cccs1)C(=O)C[C@H](/C=C/C(=O)N1CCc2ccccc21)CCc1ccccc1.O=C(O)C(F)(F)F. The van der Waals surface area contributed by atoms with Gasteiger partial charge < -0.3 is 15.7 Å². The Balaban J connectivity index is 0.000000559. The number of alkyl halides is 3. The lowest BCUT2D eigenvalue weighted by atomic mass is 9.91. The molecule has 1 amide bonds. The highest BCUT2D eigenvalue weighted by atomic mass is 32.1. The zero-order chi connectivity index (χ0) is 29.1. The highest BCUT2D eigenvalue weighted by molar-refractivity contribution is 7.09. The molecule has 0 saturated carbocycles. The predicted octanol–water partition coefficient (Wildman–Crippen LogP) is 5.60. The molecule has 0 radical (unpaired) electrons. The topological polar surface area (TPSA) is 101 Å². The predicted molar refractivity (Wildman–Crippen MR) is 149 cm³/mol. The number of benzene rings is 2. The van der Waals surface area contributed by atoms with Gasteiger partial charge in [-0.25, -0.2) is 4.79 Å². The summed E-state index contributed by atoms with van der Waals surface area (Å²) < 4.78 is 31.7. The number of Topliss-reactive ketones (excluding diaryl/α,β-unsaturated/α-hetero) is 1. The monoisotopic (exact) mass is 572 g/mol. The number of carbonyl (C=O) groups is 3. The minimum atomic E-state index is -5.08. The van der Waals surface area contributed by atoms with E-state index >= 15 is 0 Å². The molecule has 3 aromatic rings. The van der Waals surface area contributed by atoms with Crippen molar-refractivity contribution in [2.24, 2.45) is 11.7 Å². The lowest BCUT2D eigenvalue weighted by Gasteiger charge is -2.17. The molecule has 3 N–H and O–H groups in total. The molecule has 40 heavy (non-hydrogen) atoms. The van der Waals surface area contributed by atoms with E-state index in [1.165, 1.54) is 11.1 Å². The Hall–Kier alpha value is -3.76. The van der Waals surface area contributed by atoms with E-state index in [0.717, 1.165) is 29.8 Å². The van der Waals surface area contributed by atoms with Crippen molar-refractivity contribution in [2.45, 2.75) is 44.3 Å². The van der Waals surface area contributed by atoms with Crippen LogP contribution in [0.3, 0.4) is 0 Å². The number of anilines is 1. The third-order valence-electron chi connectivity index (χ3n) is 6.43. The first-order valence-corrected chi connectivity index (χ1v) is 13.6. The number of aryl methyl sites for hydroxylation is 1. The van der Waals surface area contributed by atoms with Gasteiger partial charge in [0.1, 0.15) is 5.78 Å². The number of para-hydroxylation sites is 1. The van der Waals surface area contributed by atoms with Crippen LogP contribution >= 0.6 is 11.3 Å². The third-order valence-corrected chi connectivity index (χ3v) is 7.33. The second kappa shape index (κ2) is 14.6. The average Bonchev–Trinajstić information content (AvgIpc) is 3.60. The van der Waals surface area contributed by atoms with E-state index in [1.54, 1.807) is 17.4 Å². The minimum Gasteiger partial charge on any atom is -0.475 e. The smallest absolute Gasteiger partial charge is 0.475 e. The Morgan fingerprint density at radius 2 is 1.70 bits per heavy atom. The summed E-state index contributed by atoms with van der Waals surface area (Å²) in [5, 5.41) is 9.13. The van der Waals surface area contributed by atoms with Crippen LogP contribution in [0.1, 0.15) is 28.8 Å². The molecular formula is C30H31F3N2O4S. The van der Waals surface area contributed by atoms with Crippen LogP contribution in [0.4, 0.5) is 18.9 Å². The number of hydrogen-bond donors (Lipinski definition) is 2. The Labute approximate surface area is 234 Å². The van der Waals surface area contributed by atoms with Crippen molar-refractivity contribution in [3.05, 3.63) is 100 Å². The standard InChI is InChI=1S/C28H30N2O2S.C2HF3O2/c29-25(20-24-10-6-18-33-24)27(31)19-22(13-12-21-7-2-1-3-8-21)14-15-28(32)30-17-16-23-9-4-5-11-26(23)30;3-2(4,5)1(6)7/h1-11,14-15,18,22,25H,12-13,16-17,19-20,29H2;(H,6,7)/b15-14+;/t22-,25-;/m0./s1. The minimum absolute atomic E-state index is 0.0278. The van der Waals surface area contributed by atoms with Gasteiger partial charge in [0.25, 0.3) is 5.91 Å². The number of carboxylic acids is 1. The van der Waals surface area contributed by atoms with Gasteiger partial charge in [-0.3, -0.25) is 9.59 Å². The number of aliphatic carboxylic acids is 1. The Morgan fingerprint density at radius 3 is 2.35 bits per heavy atom. The molecule has 0 saturated heterocycles. The molecule has 4 rings (SSSR count). The van der Waals surface area contributed by atoms with E-state index in [0.29, 0.717) is 19.4 Å². The van der Waals surface area contributed by atoms with Gasteiger partial charge >= 0.3 is 12.1 Å². The van der Waals surface area contributed by atoms with E-state index in [2.05, 4.69) is 18.2 Å². The van der Waals surface area contributed by atoms with Crippen LogP contribution in [0.5, 0.6) is 0 Å². The van der Waals surface area contributed by atoms with Crippen molar-refractivity contribution in [3.8, 4) is 0 Å². The summed E-state index contributed by atoms with van der Waals surface area (Å²) in [6, 6.07) is 21.7. The second-order valence-corrected chi connectivity index (χ2v) is 10.4. The largest absolute Gasteiger partial charge is 0.490 e. The van der Waals surface area contributed by atoms with E-state index in [4.69, 9.17) is 15.6 Å². The zero-order valence-electron chi connectivity index (χ0n) is 21.7. The van der Waals surface area contributed by atoms with Crippen molar-refractivity contribution in [1.82, 2.24) is 0 Å². The summed E-state index contributed by atoms with van der Waals surface area (Å²) in [7, 11) is 0. The highest BCUT2D eigenvalue weighted by Crippen LogP contribution is 2.28. The first-order chi connectivity index (χ1) is 19.0. The molecule has 0 unspecified atom stereocenters. The lowest BCUT2D eigenvalue weighted by Crippen LogP contribution is -2.33. The number of carbonyl (C=O) groups excluding carboxylic acids is 2. The van der Waals surface area contributed by atoms with E-state index in [1.807, 2.05) is 64.9 Å². The van der Waals surface area contributed by atoms with Gasteiger partial charge in [0, 0.05) is 30.0 Å². The van der Waals surface area contributed by atoms with Crippen molar-refractivity contribution in [3.63, 3.8) is 0 Å². The number of thiophene rings is 1. The Kier molecular flexibility index (Phi) is 11.2. The summed E-state index contributed by atoms with van der Waals surface area (Å²) in [4.78, 5) is 37.7. The number of nitrogens with two attached hydrogens (primary N) is 1. The first kappa shape index (κ1) is 30.8. The van der Waals surface area contributed by atoms with Gasteiger partial charge in [0.05, 0.1) is 6.04 Å². The highest BCUT2D eigenvalue weighted by Gasteiger charge is 2.38. The summed E-state index contributed by atoms with van der Waals surface area (Å²) in [6.45, 7) is 0.696. The molecular weight excluding hydrogens is 541 g/mol. The molecule has 0 aliphatic carbocycles. The summed E-state index contributed by atoms with van der Waals surface area (Å²) >= 11 is 1.62. The zero-order valence-corrected chi connectivity index (χ0v) is 22.5. The third kappa shape index (κ3) is 9.46.